The lowest BCUT2D eigenvalue weighted by molar-refractivity contribution is 0.262. The molecule has 1 atom stereocenters. The van der Waals surface area contributed by atoms with Crippen molar-refractivity contribution in [1.82, 2.24) is 5.32 Å². The van der Waals surface area contributed by atoms with Crippen molar-refractivity contribution in [2.45, 2.75) is 58.0 Å². The van der Waals surface area contributed by atoms with Crippen LogP contribution in [0.15, 0.2) is 24.3 Å². The minimum atomic E-state index is 0.713. The Kier molecular flexibility index (Phi) is 5.96. The molecule has 0 aromatic heterocycles. The number of halogens is 1. The smallest absolute Gasteiger partial charge is 0.0208 e. The van der Waals surface area contributed by atoms with Crippen molar-refractivity contribution in [1.29, 1.82) is 0 Å². The Bertz CT molecular complexity index is 341. The van der Waals surface area contributed by atoms with Gasteiger partial charge in [-0.2, -0.15) is 0 Å². The van der Waals surface area contributed by atoms with Crippen molar-refractivity contribution in [3.63, 3.8) is 0 Å². The Morgan fingerprint density at radius 2 is 1.83 bits per heavy atom. The van der Waals surface area contributed by atoms with Crippen molar-refractivity contribution in [2.24, 2.45) is 5.92 Å². The van der Waals surface area contributed by atoms with Gasteiger partial charge in [-0.05, 0) is 65.5 Å². The third-order valence-electron chi connectivity index (χ3n) is 4.14. The molecule has 1 N–H and O–H groups in total. The summed E-state index contributed by atoms with van der Waals surface area (Å²) in [6.07, 6.45) is 8.44. The van der Waals surface area contributed by atoms with Gasteiger partial charge in [0.05, 0.1) is 0 Å². The summed E-state index contributed by atoms with van der Waals surface area (Å²) in [5, 5.41) is 3.77. The van der Waals surface area contributed by atoms with Gasteiger partial charge in [0.15, 0.2) is 0 Å². The predicted octanol–water partition coefficient (Wildman–Crippen LogP) is 4.74. The zero-order valence-corrected chi connectivity index (χ0v) is 13.4. The first-order valence-corrected chi connectivity index (χ1v) is 8.35. The van der Waals surface area contributed by atoms with Crippen LogP contribution in [0.25, 0.3) is 0 Å². The number of hydrogen-bond acceptors (Lipinski definition) is 1. The van der Waals surface area contributed by atoms with Crippen LogP contribution < -0.4 is 5.32 Å². The third kappa shape index (κ3) is 4.23. The van der Waals surface area contributed by atoms with Gasteiger partial charge < -0.3 is 5.32 Å². The van der Waals surface area contributed by atoms with E-state index in [1.165, 1.54) is 47.7 Å². The average Bonchev–Trinajstić information content (AvgIpc) is 2.43. The second-order valence-corrected chi connectivity index (χ2v) is 6.67. The van der Waals surface area contributed by atoms with Crippen LogP contribution in [0.1, 0.15) is 51.0 Å². The summed E-state index contributed by atoms with van der Waals surface area (Å²) < 4.78 is 1.32. The van der Waals surface area contributed by atoms with Gasteiger partial charge in [0, 0.05) is 16.2 Å². The van der Waals surface area contributed by atoms with Gasteiger partial charge >= 0.3 is 0 Å². The lowest BCUT2D eigenvalue weighted by Crippen LogP contribution is -2.36. The Morgan fingerprint density at radius 1 is 1.17 bits per heavy atom. The first kappa shape index (κ1) is 14.3. The SMILES string of the molecule is CCC(NCc1ccc(I)cc1)C1CCCCC1. The summed E-state index contributed by atoms with van der Waals surface area (Å²) in [7, 11) is 0. The van der Waals surface area contributed by atoms with Gasteiger partial charge in [-0.1, -0.05) is 38.3 Å². The van der Waals surface area contributed by atoms with E-state index < -0.39 is 0 Å². The van der Waals surface area contributed by atoms with Crippen LogP contribution in [-0.2, 0) is 6.54 Å². The van der Waals surface area contributed by atoms with Crippen LogP contribution in [0.4, 0.5) is 0 Å². The monoisotopic (exact) mass is 357 g/mol. The van der Waals surface area contributed by atoms with E-state index in [1.807, 2.05) is 0 Å². The molecule has 0 radical (unpaired) electrons. The molecule has 1 unspecified atom stereocenters. The van der Waals surface area contributed by atoms with Crippen LogP contribution in [0, 0.1) is 9.49 Å². The van der Waals surface area contributed by atoms with Gasteiger partial charge in [0.25, 0.3) is 0 Å². The molecule has 1 aliphatic carbocycles. The lowest BCUT2D eigenvalue weighted by Gasteiger charge is -2.30. The molecule has 0 heterocycles. The van der Waals surface area contributed by atoms with E-state index in [9.17, 15) is 0 Å². The average molecular weight is 357 g/mol. The van der Waals surface area contributed by atoms with Crippen molar-refractivity contribution >= 4 is 22.6 Å². The summed E-state index contributed by atoms with van der Waals surface area (Å²) in [5.74, 6) is 0.910. The van der Waals surface area contributed by atoms with Crippen LogP contribution in [0.2, 0.25) is 0 Å². The Hall–Kier alpha value is -0.0900. The number of rotatable bonds is 5. The van der Waals surface area contributed by atoms with E-state index >= 15 is 0 Å². The summed E-state index contributed by atoms with van der Waals surface area (Å²) in [5.41, 5.74) is 1.41. The van der Waals surface area contributed by atoms with Crippen molar-refractivity contribution in [2.75, 3.05) is 0 Å². The first-order chi connectivity index (χ1) is 8.79. The molecular formula is C16H24IN. The van der Waals surface area contributed by atoms with Crippen molar-refractivity contribution in [3.05, 3.63) is 33.4 Å². The van der Waals surface area contributed by atoms with Crippen LogP contribution in [0.3, 0.4) is 0 Å². The molecule has 1 aromatic rings. The van der Waals surface area contributed by atoms with E-state index in [4.69, 9.17) is 0 Å². The summed E-state index contributed by atoms with van der Waals surface area (Å²) >= 11 is 2.36. The molecule has 1 aliphatic rings. The van der Waals surface area contributed by atoms with E-state index in [0.717, 1.165) is 12.5 Å². The number of nitrogens with one attached hydrogen (secondary N) is 1. The molecule has 100 valence electrons. The maximum absolute atomic E-state index is 3.77. The molecule has 18 heavy (non-hydrogen) atoms. The molecule has 1 nitrogen and oxygen atoms in total. The summed E-state index contributed by atoms with van der Waals surface area (Å²) in [4.78, 5) is 0. The summed E-state index contributed by atoms with van der Waals surface area (Å²) in [6.45, 7) is 3.34. The van der Waals surface area contributed by atoms with E-state index in [2.05, 4.69) is 59.1 Å². The maximum Gasteiger partial charge on any atom is 0.0208 e. The normalized spacial score (nSPS) is 18.8. The molecule has 0 amide bonds. The molecule has 0 spiro atoms. The molecular weight excluding hydrogens is 333 g/mol. The van der Waals surface area contributed by atoms with Gasteiger partial charge in [-0.25, -0.2) is 0 Å². The van der Waals surface area contributed by atoms with Crippen molar-refractivity contribution < 1.29 is 0 Å². The zero-order chi connectivity index (χ0) is 12.8. The minimum absolute atomic E-state index is 0.713. The summed E-state index contributed by atoms with van der Waals surface area (Å²) in [6, 6.07) is 9.58. The van der Waals surface area contributed by atoms with Gasteiger partial charge in [0.1, 0.15) is 0 Å². The number of hydrogen-bond donors (Lipinski definition) is 1. The highest BCUT2D eigenvalue weighted by Crippen LogP contribution is 2.27. The highest BCUT2D eigenvalue weighted by atomic mass is 127. The topological polar surface area (TPSA) is 12.0 Å². The fourth-order valence-corrected chi connectivity index (χ4v) is 3.39. The largest absolute Gasteiger partial charge is 0.310 e. The highest BCUT2D eigenvalue weighted by molar-refractivity contribution is 14.1. The zero-order valence-electron chi connectivity index (χ0n) is 11.3. The van der Waals surface area contributed by atoms with Crippen LogP contribution in [0.5, 0.6) is 0 Å². The van der Waals surface area contributed by atoms with E-state index in [-0.39, 0.29) is 0 Å². The standard InChI is InChI=1S/C16H24IN/c1-2-16(14-6-4-3-5-7-14)18-12-13-8-10-15(17)11-9-13/h8-11,14,16,18H,2-7,12H2,1H3. The van der Waals surface area contributed by atoms with Gasteiger partial charge in [-0.3, -0.25) is 0 Å². The maximum atomic E-state index is 3.77. The minimum Gasteiger partial charge on any atom is -0.310 e. The van der Waals surface area contributed by atoms with Crippen molar-refractivity contribution in [3.8, 4) is 0 Å². The third-order valence-corrected chi connectivity index (χ3v) is 4.86. The van der Waals surface area contributed by atoms with Gasteiger partial charge in [-0.15, -0.1) is 0 Å². The molecule has 1 aromatic carbocycles. The Balaban J connectivity index is 1.84. The highest BCUT2D eigenvalue weighted by Gasteiger charge is 2.21. The van der Waals surface area contributed by atoms with Crippen LogP contribution >= 0.6 is 22.6 Å². The molecule has 1 fully saturated rings. The Labute approximate surface area is 125 Å². The second kappa shape index (κ2) is 7.49. The molecule has 2 rings (SSSR count). The second-order valence-electron chi connectivity index (χ2n) is 5.42. The van der Waals surface area contributed by atoms with Crippen LogP contribution in [-0.4, -0.2) is 6.04 Å². The van der Waals surface area contributed by atoms with E-state index in [1.54, 1.807) is 0 Å². The first-order valence-electron chi connectivity index (χ1n) is 7.27. The fraction of sp³-hybridized carbons (Fsp3) is 0.625. The molecule has 0 bridgehead atoms. The molecule has 2 heteroatoms. The quantitative estimate of drug-likeness (QED) is 0.751. The van der Waals surface area contributed by atoms with Gasteiger partial charge in [0.2, 0.25) is 0 Å². The Morgan fingerprint density at radius 3 is 2.44 bits per heavy atom. The van der Waals surface area contributed by atoms with E-state index in [0.29, 0.717) is 6.04 Å². The molecule has 1 saturated carbocycles. The predicted molar refractivity (Wildman–Crippen MR) is 86.7 cm³/mol. The molecule has 0 saturated heterocycles. The fourth-order valence-electron chi connectivity index (χ4n) is 3.03. The lowest BCUT2D eigenvalue weighted by atomic mass is 9.83. The molecule has 0 aliphatic heterocycles. The number of benzene rings is 1.